The van der Waals surface area contributed by atoms with Crippen molar-refractivity contribution in [2.45, 2.75) is 69.6 Å². The highest BCUT2D eigenvalue weighted by molar-refractivity contribution is 8.16. The van der Waals surface area contributed by atoms with E-state index in [9.17, 15) is 4.79 Å². The van der Waals surface area contributed by atoms with E-state index in [1.54, 1.807) is 25.7 Å². The summed E-state index contributed by atoms with van der Waals surface area (Å²) in [5, 5.41) is 10.2. The van der Waals surface area contributed by atoms with Gasteiger partial charge in [0.15, 0.2) is 5.69 Å². The Bertz CT molecular complexity index is 1170. The van der Waals surface area contributed by atoms with Crippen LogP contribution in [0.3, 0.4) is 0 Å². The lowest BCUT2D eigenvalue weighted by Gasteiger charge is -2.26. The molecule has 1 aromatic heterocycles. The van der Waals surface area contributed by atoms with E-state index < -0.39 is 5.54 Å². The molecule has 196 valence electrons. The first-order valence-electron chi connectivity index (χ1n) is 12.2. The Morgan fingerprint density at radius 3 is 2.53 bits per heavy atom. The fraction of sp³-hybridized carbons (Fsp3) is 0.708. The van der Waals surface area contributed by atoms with Crippen molar-refractivity contribution in [3.8, 4) is 0 Å². The maximum Gasteiger partial charge on any atom is 0.273 e. The Balaban J connectivity index is 1.30. The van der Waals surface area contributed by atoms with E-state index in [0.29, 0.717) is 23.3 Å². The Hall–Kier alpha value is -0.950. The maximum absolute atomic E-state index is 12.1. The first-order chi connectivity index (χ1) is 17.0. The Kier molecular flexibility index (Phi) is 7.15. The van der Waals surface area contributed by atoms with Crippen LogP contribution in [0, 0.1) is 12.8 Å². The minimum Gasteiger partial charge on any atom is -0.442 e. The zero-order chi connectivity index (χ0) is 25.9. The zero-order valence-corrected chi connectivity index (χ0v) is 25.1. The Morgan fingerprint density at radius 2 is 1.83 bits per heavy atom. The summed E-state index contributed by atoms with van der Waals surface area (Å²) in [6.45, 7) is 12.7. The number of aromatic nitrogens is 1. The highest BCUT2D eigenvalue weighted by Gasteiger charge is 2.49. The molecule has 1 saturated heterocycles. The van der Waals surface area contributed by atoms with Crippen molar-refractivity contribution in [1.29, 1.82) is 0 Å². The molecular weight excluding hydrogens is 533 g/mol. The molecule has 4 aliphatic heterocycles. The average molecular weight is 567 g/mol. The summed E-state index contributed by atoms with van der Waals surface area (Å²) in [5.41, 5.74) is -0.692. The molecule has 5 atom stereocenters. The molecule has 0 saturated carbocycles. The molecule has 1 unspecified atom stereocenters. The predicted molar refractivity (Wildman–Crippen MR) is 156 cm³/mol. The van der Waals surface area contributed by atoms with Gasteiger partial charge in [-0.1, -0.05) is 13.8 Å². The molecule has 0 bridgehead atoms. The monoisotopic (exact) mass is 566 g/mol. The van der Waals surface area contributed by atoms with Crippen LogP contribution in [-0.4, -0.2) is 78.6 Å². The van der Waals surface area contributed by atoms with Gasteiger partial charge in [-0.15, -0.1) is 47.0 Å². The summed E-state index contributed by atoms with van der Waals surface area (Å²) in [4.78, 5) is 32.0. The van der Waals surface area contributed by atoms with Gasteiger partial charge in [-0.25, -0.2) is 4.98 Å². The molecule has 36 heavy (non-hydrogen) atoms. The van der Waals surface area contributed by atoms with Gasteiger partial charge in [0.05, 0.1) is 32.1 Å². The van der Waals surface area contributed by atoms with E-state index in [1.807, 2.05) is 42.2 Å². The second-order valence-corrected chi connectivity index (χ2v) is 14.8. The van der Waals surface area contributed by atoms with E-state index in [0.717, 1.165) is 28.1 Å². The Morgan fingerprint density at radius 1 is 1.08 bits per heavy atom. The van der Waals surface area contributed by atoms with E-state index in [1.165, 1.54) is 10.1 Å². The van der Waals surface area contributed by atoms with Crippen LogP contribution in [-0.2, 0) is 5.54 Å². The topological polar surface area (TPSA) is 104 Å². The van der Waals surface area contributed by atoms with Gasteiger partial charge in [-0.3, -0.25) is 25.1 Å². The molecule has 5 rings (SSSR count). The number of carbonyl (C=O) groups is 1. The smallest absolute Gasteiger partial charge is 0.273 e. The summed E-state index contributed by atoms with van der Waals surface area (Å²) in [5.74, 6) is 4.88. The van der Waals surface area contributed by atoms with Crippen LogP contribution in [0.1, 0.15) is 56.8 Å². The average Bonchev–Trinajstić information content (AvgIpc) is 3.64. The fourth-order valence-corrected chi connectivity index (χ4v) is 10.1. The lowest BCUT2D eigenvalue weighted by atomic mass is 10.0. The van der Waals surface area contributed by atoms with Crippen LogP contribution in [0.15, 0.2) is 19.4 Å². The van der Waals surface area contributed by atoms with Crippen molar-refractivity contribution in [2.24, 2.45) is 20.9 Å². The van der Waals surface area contributed by atoms with Crippen molar-refractivity contribution < 1.29 is 9.21 Å². The molecule has 12 heteroatoms. The first kappa shape index (κ1) is 26.6. The number of nitrogens with one attached hydrogen (secondary N) is 2. The van der Waals surface area contributed by atoms with E-state index >= 15 is 0 Å². The third-order valence-corrected chi connectivity index (χ3v) is 12.8. The lowest BCUT2D eigenvalue weighted by molar-refractivity contribution is 0.0957. The lowest BCUT2D eigenvalue weighted by Crippen LogP contribution is -2.50. The van der Waals surface area contributed by atoms with Crippen molar-refractivity contribution in [3.05, 3.63) is 17.3 Å². The number of thioether (sulfide) groups is 4. The third kappa shape index (κ3) is 4.69. The molecule has 2 N–H and O–H groups in total. The third-order valence-electron chi connectivity index (χ3n) is 6.86. The standard InChI is InChI=1S/C24H34N6O2S4/c1-12(2)17-28-23(5,10-34-17)20-26-14(8-33-20)18-29-24(6,11-35-18)21-30-22(4,9-36-21)19-27-15(13(3)32-19)16(31)25-7/h12,14,18,29H,8-11H2,1-7H3,(H,25,31)/t14-,18?,22-,23-,24-/m0/s1. The molecule has 1 amide bonds. The van der Waals surface area contributed by atoms with Gasteiger partial charge in [0, 0.05) is 36.0 Å². The van der Waals surface area contributed by atoms with E-state index in [-0.39, 0.29) is 28.4 Å². The van der Waals surface area contributed by atoms with Gasteiger partial charge in [-0.2, -0.15) is 0 Å². The molecule has 1 fully saturated rings. The SMILES string of the molecule is CNC(=O)c1nc([C@]2(C)CSC([C@]3(C)CSC([C@@H]4CSC([C@]5(C)CSC(C(C)C)=N5)=N4)N3)=N2)oc1C. The molecule has 0 aromatic carbocycles. The number of hydrogen-bond acceptors (Lipinski definition) is 11. The summed E-state index contributed by atoms with van der Waals surface area (Å²) >= 11 is 7.43. The quantitative estimate of drug-likeness (QED) is 0.528. The summed E-state index contributed by atoms with van der Waals surface area (Å²) in [6.07, 6.45) is 0. The normalized spacial score (nSPS) is 36.4. The minimum absolute atomic E-state index is 0.189. The second kappa shape index (κ2) is 9.66. The largest absolute Gasteiger partial charge is 0.442 e. The predicted octanol–water partition coefficient (Wildman–Crippen LogP) is 4.20. The number of rotatable bonds is 6. The van der Waals surface area contributed by atoms with Crippen molar-refractivity contribution in [1.82, 2.24) is 15.6 Å². The van der Waals surface area contributed by atoms with Crippen molar-refractivity contribution >= 4 is 68.1 Å². The molecule has 4 aliphatic rings. The van der Waals surface area contributed by atoms with Crippen LogP contribution < -0.4 is 10.6 Å². The highest BCUT2D eigenvalue weighted by atomic mass is 32.2. The minimum atomic E-state index is -0.597. The summed E-state index contributed by atoms with van der Waals surface area (Å²) in [6, 6.07) is 0.222. The number of oxazole rings is 1. The molecule has 1 aromatic rings. The molecule has 0 spiro atoms. The number of carbonyl (C=O) groups excluding carboxylic acids is 1. The second-order valence-electron chi connectivity index (χ2n) is 10.7. The van der Waals surface area contributed by atoms with Crippen LogP contribution in [0.25, 0.3) is 0 Å². The van der Waals surface area contributed by atoms with Crippen LogP contribution in [0.5, 0.6) is 0 Å². The maximum atomic E-state index is 12.1. The summed E-state index contributed by atoms with van der Waals surface area (Å²) < 4.78 is 5.91. The molecule has 5 heterocycles. The van der Waals surface area contributed by atoms with Gasteiger partial charge in [-0.05, 0) is 27.7 Å². The Labute approximate surface area is 230 Å². The number of hydrogen-bond donors (Lipinski definition) is 2. The molecule has 8 nitrogen and oxygen atoms in total. The van der Waals surface area contributed by atoms with Crippen LogP contribution in [0.2, 0.25) is 0 Å². The molecule has 0 aliphatic carbocycles. The van der Waals surface area contributed by atoms with Gasteiger partial charge in [0.2, 0.25) is 5.89 Å². The fourth-order valence-electron chi connectivity index (χ4n) is 4.60. The number of aryl methyl sites for hydroxylation is 1. The number of nitrogens with zero attached hydrogens (tertiary/aromatic N) is 4. The summed E-state index contributed by atoms with van der Waals surface area (Å²) in [7, 11) is 1.60. The van der Waals surface area contributed by atoms with Crippen molar-refractivity contribution in [3.63, 3.8) is 0 Å². The van der Waals surface area contributed by atoms with Gasteiger partial charge in [0.1, 0.15) is 16.8 Å². The number of amides is 1. The highest BCUT2D eigenvalue weighted by Crippen LogP contribution is 2.45. The molecular formula is C24H34N6O2S4. The van der Waals surface area contributed by atoms with Crippen molar-refractivity contribution in [2.75, 3.05) is 30.1 Å². The zero-order valence-electron chi connectivity index (χ0n) is 21.8. The number of aliphatic imine (C=N–C) groups is 3. The first-order valence-corrected chi connectivity index (χ1v) is 16.2. The van der Waals surface area contributed by atoms with E-state index in [4.69, 9.17) is 19.4 Å². The van der Waals surface area contributed by atoms with Gasteiger partial charge in [0.25, 0.3) is 5.91 Å². The van der Waals surface area contributed by atoms with E-state index in [2.05, 4.69) is 43.3 Å². The van der Waals surface area contributed by atoms with Crippen LogP contribution in [0.4, 0.5) is 0 Å². The van der Waals surface area contributed by atoms with Gasteiger partial charge < -0.3 is 9.73 Å². The van der Waals surface area contributed by atoms with Crippen LogP contribution >= 0.6 is 47.0 Å². The molecule has 0 radical (unpaired) electrons. The van der Waals surface area contributed by atoms with Gasteiger partial charge >= 0.3 is 0 Å².